The SMILES string of the molecule is CCOC(=O)C(F)(F)C(=O)C(F)Cl. The lowest BCUT2D eigenvalue weighted by atomic mass is 10.2. The van der Waals surface area contributed by atoms with Gasteiger partial charge in [0.1, 0.15) is 0 Å². The maximum atomic E-state index is 12.5. The van der Waals surface area contributed by atoms with Crippen LogP contribution in [0.1, 0.15) is 6.92 Å². The van der Waals surface area contributed by atoms with Crippen molar-refractivity contribution in [3.63, 3.8) is 0 Å². The molecule has 76 valence electrons. The summed E-state index contributed by atoms with van der Waals surface area (Å²) < 4.78 is 40.8. The normalized spacial score (nSPS) is 13.6. The fraction of sp³-hybridized carbons (Fsp3) is 0.667. The second kappa shape index (κ2) is 4.45. The molecule has 13 heavy (non-hydrogen) atoms. The molecule has 0 radical (unpaired) electrons. The van der Waals surface area contributed by atoms with E-state index in [1.54, 1.807) is 0 Å². The Morgan fingerprint density at radius 2 is 2.00 bits per heavy atom. The predicted molar refractivity (Wildman–Crippen MR) is 37.3 cm³/mol. The van der Waals surface area contributed by atoms with Gasteiger partial charge in [0.25, 0.3) is 5.78 Å². The van der Waals surface area contributed by atoms with Crippen LogP contribution in [0.2, 0.25) is 0 Å². The number of ketones is 1. The third kappa shape index (κ3) is 2.87. The Morgan fingerprint density at radius 3 is 2.31 bits per heavy atom. The average molecular weight is 219 g/mol. The van der Waals surface area contributed by atoms with Crippen molar-refractivity contribution in [2.24, 2.45) is 0 Å². The fourth-order valence-electron chi connectivity index (χ4n) is 0.459. The van der Waals surface area contributed by atoms with Gasteiger partial charge in [-0.15, -0.1) is 0 Å². The molecule has 0 N–H and O–H groups in total. The minimum atomic E-state index is -4.52. The van der Waals surface area contributed by atoms with Crippen molar-refractivity contribution in [1.82, 2.24) is 0 Å². The Morgan fingerprint density at radius 1 is 1.54 bits per heavy atom. The second-order valence-electron chi connectivity index (χ2n) is 1.96. The molecule has 0 saturated carbocycles. The fourth-order valence-corrected chi connectivity index (χ4v) is 0.596. The number of carbonyl (C=O) groups excluding carboxylic acids is 2. The van der Waals surface area contributed by atoms with Gasteiger partial charge in [-0.25, -0.2) is 9.18 Å². The Bertz CT molecular complexity index is 217. The Kier molecular flexibility index (Phi) is 4.19. The van der Waals surface area contributed by atoms with E-state index >= 15 is 0 Å². The maximum absolute atomic E-state index is 12.5. The number of halogens is 4. The summed E-state index contributed by atoms with van der Waals surface area (Å²) in [4.78, 5) is 20.7. The van der Waals surface area contributed by atoms with Crippen LogP contribution in [0.3, 0.4) is 0 Å². The summed E-state index contributed by atoms with van der Waals surface area (Å²) in [7, 11) is 0. The number of rotatable bonds is 4. The van der Waals surface area contributed by atoms with Crippen molar-refractivity contribution < 1.29 is 27.5 Å². The Balaban J connectivity index is 4.55. The molecule has 0 amide bonds. The van der Waals surface area contributed by atoms with Crippen LogP contribution in [-0.2, 0) is 14.3 Å². The summed E-state index contributed by atoms with van der Waals surface area (Å²) in [5, 5.41) is 0. The van der Waals surface area contributed by atoms with Crippen molar-refractivity contribution in [2.45, 2.75) is 18.5 Å². The van der Waals surface area contributed by atoms with Crippen LogP contribution in [0.15, 0.2) is 0 Å². The third-order valence-corrected chi connectivity index (χ3v) is 1.24. The Hall–Kier alpha value is -0.780. The van der Waals surface area contributed by atoms with E-state index in [1.165, 1.54) is 6.92 Å². The van der Waals surface area contributed by atoms with Gasteiger partial charge in [-0.2, -0.15) is 8.78 Å². The smallest absolute Gasteiger partial charge is 0.404 e. The van der Waals surface area contributed by atoms with Gasteiger partial charge in [-0.3, -0.25) is 4.79 Å². The molecule has 0 aromatic heterocycles. The molecule has 0 aromatic rings. The van der Waals surface area contributed by atoms with Crippen LogP contribution in [0.4, 0.5) is 13.2 Å². The van der Waals surface area contributed by atoms with Crippen molar-refractivity contribution in [1.29, 1.82) is 0 Å². The largest absolute Gasteiger partial charge is 0.461 e. The van der Waals surface area contributed by atoms with Gasteiger partial charge in [0, 0.05) is 0 Å². The molecule has 0 aliphatic heterocycles. The van der Waals surface area contributed by atoms with E-state index in [4.69, 9.17) is 0 Å². The number of ether oxygens (including phenoxy) is 1. The van der Waals surface area contributed by atoms with E-state index in [0.29, 0.717) is 0 Å². The van der Waals surface area contributed by atoms with Gasteiger partial charge in [0.15, 0.2) is 0 Å². The first-order valence-corrected chi connectivity index (χ1v) is 3.65. The van der Waals surface area contributed by atoms with Gasteiger partial charge in [0.2, 0.25) is 5.63 Å². The maximum Gasteiger partial charge on any atom is 0.404 e. The Labute approximate surface area is 76.8 Å². The number of Topliss-reactive ketones (excluding diaryl/α,β-unsaturated/α-hetero) is 1. The second-order valence-corrected chi connectivity index (χ2v) is 2.34. The molecule has 0 spiro atoms. The van der Waals surface area contributed by atoms with Crippen LogP contribution in [0.5, 0.6) is 0 Å². The van der Waals surface area contributed by atoms with Crippen LogP contribution < -0.4 is 0 Å². The summed E-state index contributed by atoms with van der Waals surface area (Å²) in [6.07, 6.45) is 0. The number of esters is 1. The van der Waals surface area contributed by atoms with E-state index in [1.807, 2.05) is 0 Å². The molecule has 1 atom stereocenters. The van der Waals surface area contributed by atoms with Gasteiger partial charge in [-0.1, -0.05) is 11.6 Å². The quantitative estimate of drug-likeness (QED) is 0.406. The summed E-state index contributed by atoms with van der Waals surface area (Å²) in [6.45, 7) is 0.938. The van der Waals surface area contributed by atoms with E-state index in [0.717, 1.165) is 0 Å². The standard InChI is InChI=1S/C6H6ClF3O3/c1-2-13-5(12)6(9,10)3(11)4(7)8/h4H,2H2,1H3. The van der Waals surface area contributed by atoms with Crippen LogP contribution >= 0.6 is 11.6 Å². The zero-order valence-electron chi connectivity index (χ0n) is 6.52. The number of alkyl halides is 4. The van der Waals surface area contributed by atoms with E-state index < -0.39 is 23.3 Å². The zero-order valence-corrected chi connectivity index (χ0v) is 7.28. The number of carbonyl (C=O) groups is 2. The average Bonchev–Trinajstić information content (AvgIpc) is 2.03. The molecular weight excluding hydrogens is 213 g/mol. The molecule has 0 fully saturated rings. The highest BCUT2D eigenvalue weighted by Gasteiger charge is 2.51. The minimum Gasteiger partial charge on any atom is -0.461 e. The van der Waals surface area contributed by atoms with E-state index in [9.17, 15) is 22.8 Å². The van der Waals surface area contributed by atoms with Gasteiger partial charge < -0.3 is 4.74 Å². The summed E-state index contributed by atoms with van der Waals surface area (Å²) >= 11 is 4.45. The number of hydrogen-bond acceptors (Lipinski definition) is 3. The third-order valence-electron chi connectivity index (χ3n) is 1.04. The first-order chi connectivity index (χ1) is 5.84. The monoisotopic (exact) mass is 218 g/mol. The zero-order chi connectivity index (χ0) is 10.6. The molecule has 0 saturated heterocycles. The molecule has 0 bridgehead atoms. The molecular formula is C6H6ClF3O3. The number of hydrogen-bond donors (Lipinski definition) is 0. The molecule has 7 heteroatoms. The molecule has 1 unspecified atom stereocenters. The van der Waals surface area contributed by atoms with Crippen LogP contribution in [0, 0.1) is 0 Å². The minimum absolute atomic E-state index is 0.332. The summed E-state index contributed by atoms with van der Waals surface area (Å²) in [6, 6.07) is 0. The molecule has 3 nitrogen and oxygen atoms in total. The van der Waals surface area contributed by atoms with Gasteiger partial charge in [-0.05, 0) is 6.92 Å². The van der Waals surface area contributed by atoms with Crippen LogP contribution in [0.25, 0.3) is 0 Å². The molecule has 0 aliphatic rings. The topological polar surface area (TPSA) is 43.4 Å². The van der Waals surface area contributed by atoms with E-state index in [2.05, 4.69) is 16.3 Å². The van der Waals surface area contributed by atoms with Crippen molar-refractivity contribution >= 4 is 23.4 Å². The summed E-state index contributed by atoms with van der Waals surface area (Å²) in [5.41, 5.74) is -2.92. The summed E-state index contributed by atoms with van der Waals surface area (Å²) in [5.74, 6) is -8.92. The van der Waals surface area contributed by atoms with E-state index in [-0.39, 0.29) is 6.61 Å². The molecule has 0 heterocycles. The first kappa shape index (κ1) is 12.2. The molecule has 0 aliphatic carbocycles. The molecule has 0 aromatic carbocycles. The highest BCUT2D eigenvalue weighted by molar-refractivity contribution is 6.32. The highest BCUT2D eigenvalue weighted by atomic mass is 35.5. The van der Waals surface area contributed by atoms with Crippen LogP contribution in [-0.4, -0.2) is 29.9 Å². The first-order valence-electron chi connectivity index (χ1n) is 3.21. The van der Waals surface area contributed by atoms with Gasteiger partial charge in [0.05, 0.1) is 6.61 Å². The van der Waals surface area contributed by atoms with Crippen molar-refractivity contribution in [3.05, 3.63) is 0 Å². The molecule has 0 rings (SSSR count). The lowest BCUT2D eigenvalue weighted by molar-refractivity contribution is -0.177. The van der Waals surface area contributed by atoms with Crippen molar-refractivity contribution in [2.75, 3.05) is 6.61 Å². The van der Waals surface area contributed by atoms with Gasteiger partial charge >= 0.3 is 11.9 Å². The predicted octanol–water partition coefficient (Wildman–Crippen LogP) is 1.29. The van der Waals surface area contributed by atoms with Crippen molar-refractivity contribution in [3.8, 4) is 0 Å². The lowest BCUT2D eigenvalue weighted by Crippen LogP contribution is -2.42. The highest BCUT2D eigenvalue weighted by Crippen LogP contribution is 2.21. The lowest BCUT2D eigenvalue weighted by Gasteiger charge is -2.12.